The second-order valence-electron chi connectivity index (χ2n) is 8.60. The van der Waals surface area contributed by atoms with E-state index in [-0.39, 0.29) is 0 Å². The molecule has 0 aliphatic heterocycles. The molecule has 0 amide bonds. The van der Waals surface area contributed by atoms with Gasteiger partial charge in [-0.1, -0.05) is 96.1 Å². The Morgan fingerprint density at radius 1 is 0.857 bits per heavy atom. The van der Waals surface area contributed by atoms with Crippen LogP contribution in [0.2, 0.25) is 0 Å². The second-order valence-corrected chi connectivity index (χ2v) is 8.60. The van der Waals surface area contributed by atoms with E-state index >= 15 is 0 Å². The van der Waals surface area contributed by atoms with Gasteiger partial charge in [-0.05, 0) is 32.1 Å². The van der Waals surface area contributed by atoms with Crippen molar-refractivity contribution in [3.8, 4) is 0 Å². The van der Waals surface area contributed by atoms with Gasteiger partial charge in [-0.25, -0.2) is 0 Å². The summed E-state index contributed by atoms with van der Waals surface area (Å²) in [5.41, 5.74) is -1.11. The molecule has 0 bridgehead atoms. The fraction of sp³-hybridized carbons (Fsp3) is 0.833. The van der Waals surface area contributed by atoms with Crippen molar-refractivity contribution in [2.45, 2.75) is 116 Å². The Kier molecular flexibility index (Phi) is 12.9. The Bertz CT molecular complexity index is 471. The highest BCUT2D eigenvalue weighted by Crippen LogP contribution is 2.45. The van der Waals surface area contributed by atoms with E-state index in [1.54, 1.807) is 0 Å². The number of carboxylic acid groups (broad SMARTS) is 2. The molecule has 4 heteroatoms. The van der Waals surface area contributed by atoms with Gasteiger partial charge in [0.05, 0.1) is 11.3 Å². The molecule has 2 unspecified atom stereocenters. The van der Waals surface area contributed by atoms with E-state index in [9.17, 15) is 19.8 Å². The first-order valence-electron chi connectivity index (χ1n) is 11.7. The van der Waals surface area contributed by atoms with Crippen LogP contribution < -0.4 is 0 Å². The van der Waals surface area contributed by atoms with Gasteiger partial charge in [0.25, 0.3) is 0 Å². The highest BCUT2D eigenvalue weighted by molar-refractivity contribution is 5.83. The van der Waals surface area contributed by atoms with Gasteiger partial charge in [-0.3, -0.25) is 9.59 Å². The predicted octanol–water partition coefficient (Wildman–Crippen LogP) is 6.98. The summed E-state index contributed by atoms with van der Waals surface area (Å²) in [7, 11) is 0. The molecule has 1 aliphatic rings. The minimum atomic E-state index is -1.11. The molecule has 0 radical (unpaired) electrons. The number of hydrogen-bond donors (Lipinski definition) is 2. The van der Waals surface area contributed by atoms with Gasteiger partial charge in [-0.15, -0.1) is 0 Å². The molecule has 0 spiro atoms. The summed E-state index contributed by atoms with van der Waals surface area (Å²) < 4.78 is 0. The van der Waals surface area contributed by atoms with Crippen molar-refractivity contribution in [1.29, 1.82) is 0 Å². The van der Waals surface area contributed by atoms with Crippen LogP contribution in [0.15, 0.2) is 12.2 Å². The predicted molar refractivity (Wildman–Crippen MR) is 114 cm³/mol. The summed E-state index contributed by atoms with van der Waals surface area (Å²) in [6.07, 6.45) is 22.4. The van der Waals surface area contributed by atoms with Crippen LogP contribution in [0, 0.1) is 11.3 Å². The zero-order valence-electron chi connectivity index (χ0n) is 18.0. The van der Waals surface area contributed by atoms with E-state index in [1.807, 2.05) is 6.08 Å². The van der Waals surface area contributed by atoms with Crippen LogP contribution in [0.4, 0.5) is 0 Å². The summed E-state index contributed by atoms with van der Waals surface area (Å²) >= 11 is 0. The van der Waals surface area contributed by atoms with E-state index in [0.29, 0.717) is 19.3 Å². The first kappa shape index (κ1) is 24.7. The summed E-state index contributed by atoms with van der Waals surface area (Å²) in [5.74, 6) is -2.66. The maximum absolute atomic E-state index is 11.9. The molecule has 0 saturated heterocycles. The van der Waals surface area contributed by atoms with Crippen molar-refractivity contribution in [2.75, 3.05) is 0 Å². The van der Waals surface area contributed by atoms with Gasteiger partial charge in [0.15, 0.2) is 0 Å². The van der Waals surface area contributed by atoms with E-state index in [1.165, 1.54) is 64.2 Å². The Morgan fingerprint density at radius 2 is 1.43 bits per heavy atom. The smallest absolute Gasteiger partial charge is 0.310 e. The van der Waals surface area contributed by atoms with Crippen molar-refractivity contribution in [3.05, 3.63) is 12.2 Å². The summed E-state index contributed by atoms with van der Waals surface area (Å²) in [5, 5.41) is 19.2. The van der Waals surface area contributed by atoms with Crippen LogP contribution >= 0.6 is 0 Å². The van der Waals surface area contributed by atoms with E-state index in [0.717, 1.165) is 25.7 Å². The molecular weight excluding hydrogens is 352 g/mol. The molecule has 2 atom stereocenters. The first-order chi connectivity index (χ1) is 13.5. The average Bonchev–Trinajstić information content (AvgIpc) is 2.68. The van der Waals surface area contributed by atoms with Crippen LogP contribution in [0.25, 0.3) is 0 Å². The van der Waals surface area contributed by atoms with Gasteiger partial charge in [-0.2, -0.15) is 0 Å². The molecule has 0 aromatic rings. The molecule has 162 valence electrons. The van der Waals surface area contributed by atoms with Gasteiger partial charge in [0.2, 0.25) is 0 Å². The first-order valence-corrected chi connectivity index (χ1v) is 11.7. The third-order valence-electron chi connectivity index (χ3n) is 6.38. The van der Waals surface area contributed by atoms with E-state index < -0.39 is 23.3 Å². The van der Waals surface area contributed by atoms with E-state index in [4.69, 9.17) is 0 Å². The molecule has 1 aliphatic carbocycles. The maximum atomic E-state index is 11.9. The zero-order chi connectivity index (χ0) is 20.7. The van der Waals surface area contributed by atoms with Crippen LogP contribution in [0.3, 0.4) is 0 Å². The van der Waals surface area contributed by atoms with Crippen molar-refractivity contribution in [1.82, 2.24) is 0 Å². The van der Waals surface area contributed by atoms with Gasteiger partial charge < -0.3 is 10.2 Å². The highest BCUT2D eigenvalue weighted by atomic mass is 16.4. The SMILES string of the molecule is CCCCCCCCCCCCCC=CCC1(C(=O)O)CCCCC1C(=O)O. The number of unbranched alkanes of at least 4 members (excludes halogenated alkanes) is 11. The van der Waals surface area contributed by atoms with Crippen molar-refractivity contribution >= 4 is 11.9 Å². The molecule has 4 nitrogen and oxygen atoms in total. The second kappa shape index (κ2) is 14.6. The standard InChI is InChI=1S/C24H42O4/c1-2-3-4-5-6-7-8-9-10-11-12-13-14-16-19-24(23(27)28)20-17-15-18-21(24)22(25)26/h14,16,21H,2-13,15,17-20H2,1H3,(H,25,26)(H,27,28). The fourth-order valence-electron chi connectivity index (χ4n) is 4.52. The number of rotatable bonds is 16. The van der Waals surface area contributed by atoms with Crippen molar-refractivity contribution < 1.29 is 19.8 Å². The van der Waals surface area contributed by atoms with Gasteiger partial charge in [0.1, 0.15) is 0 Å². The third-order valence-corrected chi connectivity index (χ3v) is 6.38. The number of hydrogen-bond acceptors (Lipinski definition) is 2. The molecule has 0 aromatic heterocycles. The highest BCUT2D eigenvalue weighted by Gasteiger charge is 2.49. The molecule has 28 heavy (non-hydrogen) atoms. The molecule has 2 N–H and O–H groups in total. The topological polar surface area (TPSA) is 74.6 Å². The number of carbonyl (C=O) groups is 2. The Morgan fingerprint density at radius 3 is 1.96 bits per heavy atom. The lowest BCUT2D eigenvalue weighted by Crippen LogP contribution is -2.44. The molecule has 0 heterocycles. The summed E-state index contributed by atoms with van der Waals surface area (Å²) in [4.78, 5) is 23.4. The largest absolute Gasteiger partial charge is 0.481 e. The number of allylic oxidation sites excluding steroid dienone is 2. The molecule has 1 rings (SSSR count). The monoisotopic (exact) mass is 394 g/mol. The number of carboxylic acids is 2. The average molecular weight is 395 g/mol. The van der Waals surface area contributed by atoms with Crippen LogP contribution in [-0.2, 0) is 9.59 Å². The minimum absolute atomic E-state index is 0.345. The Hall–Kier alpha value is -1.32. The summed E-state index contributed by atoms with van der Waals surface area (Å²) in [6.45, 7) is 2.25. The lowest BCUT2D eigenvalue weighted by molar-refractivity contribution is -0.165. The van der Waals surface area contributed by atoms with E-state index in [2.05, 4.69) is 13.0 Å². The quantitative estimate of drug-likeness (QED) is 0.219. The fourth-order valence-corrected chi connectivity index (χ4v) is 4.52. The Labute approximate surface area is 171 Å². The van der Waals surface area contributed by atoms with Crippen LogP contribution in [0.5, 0.6) is 0 Å². The normalized spacial score (nSPS) is 22.5. The third kappa shape index (κ3) is 8.79. The lowest BCUT2D eigenvalue weighted by atomic mass is 9.64. The van der Waals surface area contributed by atoms with Gasteiger partial charge >= 0.3 is 11.9 Å². The van der Waals surface area contributed by atoms with Crippen LogP contribution in [-0.4, -0.2) is 22.2 Å². The molecule has 1 fully saturated rings. The number of aliphatic carboxylic acids is 2. The van der Waals surface area contributed by atoms with Crippen LogP contribution in [0.1, 0.15) is 116 Å². The van der Waals surface area contributed by atoms with Crippen molar-refractivity contribution in [2.24, 2.45) is 11.3 Å². The molecule has 1 saturated carbocycles. The Balaban J connectivity index is 2.16. The van der Waals surface area contributed by atoms with Gasteiger partial charge in [0, 0.05) is 0 Å². The molecular formula is C24H42O4. The lowest BCUT2D eigenvalue weighted by Gasteiger charge is -2.37. The maximum Gasteiger partial charge on any atom is 0.310 e. The summed E-state index contributed by atoms with van der Waals surface area (Å²) in [6, 6.07) is 0. The zero-order valence-corrected chi connectivity index (χ0v) is 18.0. The van der Waals surface area contributed by atoms with Crippen molar-refractivity contribution in [3.63, 3.8) is 0 Å². The molecule has 0 aromatic carbocycles. The minimum Gasteiger partial charge on any atom is -0.481 e.